The van der Waals surface area contributed by atoms with E-state index in [4.69, 9.17) is 0 Å². The highest BCUT2D eigenvalue weighted by molar-refractivity contribution is 8.03. The van der Waals surface area contributed by atoms with Crippen molar-refractivity contribution in [2.45, 2.75) is 46.1 Å². The van der Waals surface area contributed by atoms with Crippen molar-refractivity contribution < 1.29 is 0 Å². The zero-order valence-corrected chi connectivity index (χ0v) is 30.6. The lowest BCUT2D eigenvalue weighted by Gasteiger charge is -2.55. The Kier molecular flexibility index (Phi) is 7.24. The number of aromatic nitrogens is 1. The van der Waals surface area contributed by atoms with Gasteiger partial charge in [0.2, 0.25) is 0 Å². The topological polar surface area (TPSA) is 4.93 Å². The van der Waals surface area contributed by atoms with E-state index in [2.05, 4.69) is 180 Å². The quantitative estimate of drug-likeness (QED) is 0.181. The van der Waals surface area contributed by atoms with E-state index in [-0.39, 0.29) is 5.41 Å². The number of rotatable bonds is 3. The monoisotopic (exact) mass is 705 g/mol. The van der Waals surface area contributed by atoms with Crippen molar-refractivity contribution in [3.8, 4) is 5.69 Å². The molecule has 0 saturated heterocycles. The average Bonchev–Trinajstić information content (AvgIpc) is 3.55. The summed E-state index contributed by atoms with van der Waals surface area (Å²) in [4.78, 5) is 4.49. The molecule has 6 aromatic rings. The second-order valence-electron chi connectivity index (χ2n) is 15.0. The van der Waals surface area contributed by atoms with E-state index in [1.807, 2.05) is 11.8 Å². The third-order valence-corrected chi connectivity index (χ3v) is 15.1. The second kappa shape index (κ2) is 12.2. The predicted molar refractivity (Wildman–Crippen MR) is 220 cm³/mol. The molecule has 52 heavy (non-hydrogen) atoms. The molecule has 0 N–H and O–H groups in total. The molecule has 0 bridgehead atoms. The first kappa shape index (κ1) is 30.9. The summed E-state index contributed by atoms with van der Waals surface area (Å²) in [6.45, 7) is 0. The van der Waals surface area contributed by atoms with Crippen LogP contribution in [0.15, 0.2) is 178 Å². The van der Waals surface area contributed by atoms with Crippen molar-refractivity contribution in [3.05, 3.63) is 196 Å². The normalized spacial score (nSPS) is 23.7. The van der Waals surface area contributed by atoms with Gasteiger partial charge < -0.3 is 4.57 Å². The summed E-state index contributed by atoms with van der Waals surface area (Å²) < 4.78 is 2.54. The third kappa shape index (κ3) is 4.58. The lowest BCUT2D eigenvalue weighted by molar-refractivity contribution is 0.319. The molecule has 3 heterocycles. The van der Waals surface area contributed by atoms with Crippen molar-refractivity contribution in [1.82, 2.24) is 4.57 Å². The van der Waals surface area contributed by atoms with Crippen molar-refractivity contribution in [3.63, 3.8) is 0 Å². The highest BCUT2D eigenvalue weighted by Gasteiger charge is 2.56. The molecular formula is C49H39NS2. The van der Waals surface area contributed by atoms with Gasteiger partial charge in [-0.25, -0.2) is 0 Å². The molecule has 4 unspecified atom stereocenters. The molecule has 11 rings (SSSR count). The van der Waals surface area contributed by atoms with Gasteiger partial charge in [-0.2, -0.15) is 0 Å². The first-order valence-electron chi connectivity index (χ1n) is 18.8. The van der Waals surface area contributed by atoms with Crippen LogP contribution in [-0.2, 0) is 11.8 Å². The van der Waals surface area contributed by atoms with Gasteiger partial charge in [-0.3, -0.25) is 0 Å². The van der Waals surface area contributed by atoms with Gasteiger partial charge >= 0.3 is 0 Å². The summed E-state index contributed by atoms with van der Waals surface area (Å²) in [6.07, 6.45) is 17.2. The largest absolute Gasteiger partial charge is 0.313 e. The summed E-state index contributed by atoms with van der Waals surface area (Å²) in [7, 11) is 0. The number of fused-ring (bicyclic) bond motifs is 10. The van der Waals surface area contributed by atoms with Gasteiger partial charge in [0.1, 0.15) is 0 Å². The number of para-hydroxylation sites is 2. The van der Waals surface area contributed by atoms with E-state index in [9.17, 15) is 0 Å². The molecule has 5 aromatic carbocycles. The maximum Gasteiger partial charge on any atom is 0.0537 e. The first-order valence-corrected chi connectivity index (χ1v) is 20.5. The number of thioether (sulfide) groups is 1. The van der Waals surface area contributed by atoms with Crippen LogP contribution >= 0.6 is 23.5 Å². The minimum atomic E-state index is -0.186. The van der Waals surface area contributed by atoms with Gasteiger partial charge in [0.05, 0.1) is 10.9 Å². The molecule has 5 aliphatic rings. The molecule has 1 spiro atoms. The van der Waals surface area contributed by atoms with Crippen LogP contribution in [0.2, 0.25) is 0 Å². The fourth-order valence-electron chi connectivity index (χ4n) is 10.3. The average molecular weight is 706 g/mol. The van der Waals surface area contributed by atoms with Crippen LogP contribution in [-0.4, -0.2) is 9.82 Å². The maximum atomic E-state index is 2.65. The van der Waals surface area contributed by atoms with Crippen LogP contribution in [0.1, 0.15) is 47.2 Å². The van der Waals surface area contributed by atoms with Gasteiger partial charge in [-0.1, -0.05) is 145 Å². The Labute approximate surface area is 314 Å². The fourth-order valence-corrected chi connectivity index (χ4v) is 13.1. The van der Waals surface area contributed by atoms with E-state index >= 15 is 0 Å². The standard InChI is InChI=1S/C49H39NS2/c1-3-13-32(14-4-1)33-25-28-47-42(29-33)49(39-18-8-11-21-45(39)51-46-22-12-9-19-40(46)49)41-27-24-35(31-48(41)52-47)34-23-26-38-37-17-7-10-20-43(37)50(44(38)30-34)36-15-5-2-6-16-36/h1-23,25-26,28-29,34-35,42,47H,24,27,30-31H2. The third-order valence-electron chi connectivity index (χ3n) is 12.5. The van der Waals surface area contributed by atoms with Crippen LogP contribution in [0, 0.1) is 17.8 Å². The molecule has 0 amide bonds. The summed E-state index contributed by atoms with van der Waals surface area (Å²) in [5.74, 6) is 1.45. The Hall–Kier alpha value is -4.70. The van der Waals surface area contributed by atoms with E-state index in [0.29, 0.717) is 23.0 Å². The number of nitrogens with zero attached hydrogens (tertiary/aromatic N) is 1. The summed E-state index contributed by atoms with van der Waals surface area (Å²) in [5.41, 5.74) is 12.6. The number of benzene rings is 5. The number of hydrogen-bond acceptors (Lipinski definition) is 2. The van der Waals surface area contributed by atoms with Gasteiger partial charge in [-0.15, -0.1) is 11.8 Å². The Morgan fingerprint density at radius 2 is 1.35 bits per heavy atom. The molecule has 3 heteroatoms. The Balaban J connectivity index is 1.04. The maximum absolute atomic E-state index is 2.65. The van der Waals surface area contributed by atoms with E-state index in [0.717, 1.165) is 19.3 Å². The summed E-state index contributed by atoms with van der Waals surface area (Å²) in [6, 6.07) is 49.7. The molecular weight excluding hydrogens is 667 g/mol. The van der Waals surface area contributed by atoms with Crippen molar-refractivity contribution in [2.75, 3.05) is 0 Å². The zero-order chi connectivity index (χ0) is 34.2. The lowest BCUT2D eigenvalue weighted by atomic mass is 9.56. The Morgan fingerprint density at radius 1 is 0.654 bits per heavy atom. The van der Waals surface area contributed by atoms with Crippen LogP contribution in [0.4, 0.5) is 0 Å². The summed E-state index contributed by atoms with van der Waals surface area (Å²) in [5, 5.41) is 1.74. The highest BCUT2D eigenvalue weighted by atomic mass is 32.2. The van der Waals surface area contributed by atoms with Crippen molar-refractivity contribution in [1.29, 1.82) is 0 Å². The van der Waals surface area contributed by atoms with Gasteiger partial charge in [0, 0.05) is 43.3 Å². The van der Waals surface area contributed by atoms with E-state index in [1.54, 1.807) is 10.5 Å². The molecule has 252 valence electrons. The molecule has 4 atom stereocenters. The molecule has 0 fully saturated rings. The van der Waals surface area contributed by atoms with E-state index < -0.39 is 0 Å². The number of allylic oxidation sites excluding steroid dienone is 6. The zero-order valence-electron chi connectivity index (χ0n) is 29.0. The minimum absolute atomic E-state index is 0.186. The molecule has 1 nitrogen and oxygen atoms in total. The van der Waals surface area contributed by atoms with Crippen molar-refractivity contribution >= 4 is 46.1 Å². The molecule has 0 radical (unpaired) electrons. The fraction of sp³-hybridized carbons (Fsp3) is 0.184. The molecule has 1 aromatic heterocycles. The second-order valence-corrected chi connectivity index (χ2v) is 17.4. The van der Waals surface area contributed by atoms with Gasteiger partial charge in [0.25, 0.3) is 0 Å². The van der Waals surface area contributed by atoms with E-state index in [1.165, 1.54) is 66.3 Å². The summed E-state index contributed by atoms with van der Waals surface area (Å²) >= 11 is 4.15. The van der Waals surface area contributed by atoms with Crippen LogP contribution in [0.3, 0.4) is 0 Å². The van der Waals surface area contributed by atoms with Gasteiger partial charge in [-0.05, 0) is 101 Å². The number of hydrogen-bond donors (Lipinski definition) is 0. The molecule has 0 saturated carbocycles. The van der Waals surface area contributed by atoms with Crippen LogP contribution < -0.4 is 0 Å². The Morgan fingerprint density at radius 3 is 2.13 bits per heavy atom. The SMILES string of the molecule is C1=CC2SC3=C(CCC(C4C=Cc5c(n(-c6ccccc6)c6ccccc56)C4)C3)C3(c4ccccc4Sc4ccccc43)C2C=C1c1ccccc1. The predicted octanol–water partition coefficient (Wildman–Crippen LogP) is 12.7. The highest BCUT2D eigenvalue weighted by Crippen LogP contribution is 2.66. The van der Waals surface area contributed by atoms with Crippen LogP contribution in [0.5, 0.6) is 0 Å². The first-order chi connectivity index (χ1) is 25.8. The van der Waals surface area contributed by atoms with Gasteiger partial charge in [0.15, 0.2) is 0 Å². The van der Waals surface area contributed by atoms with Crippen LogP contribution in [0.25, 0.3) is 28.2 Å². The minimum Gasteiger partial charge on any atom is -0.313 e. The van der Waals surface area contributed by atoms with Crippen molar-refractivity contribution in [2.24, 2.45) is 17.8 Å². The molecule has 2 aliphatic heterocycles. The molecule has 3 aliphatic carbocycles. The smallest absolute Gasteiger partial charge is 0.0537 e. The lowest BCUT2D eigenvalue weighted by Crippen LogP contribution is -2.48. The Bertz CT molecular complexity index is 2450.